The van der Waals surface area contributed by atoms with E-state index in [9.17, 15) is 19.8 Å². The van der Waals surface area contributed by atoms with Crippen LogP contribution in [0.3, 0.4) is 0 Å². The molecular weight excluding hydrogens is 695 g/mol. The van der Waals surface area contributed by atoms with Crippen LogP contribution in [0.1, 0.15) is 143 Å². The van der Waals surface area contributed by atoms with E-state index in [1.165, 1.54) is 51.4 Å². The maximum absolute atomic E-state index is 12.4. The molecule has 8 rings (SSSR count). The Balaban J connectivity index is 0.000000188. The SMILES string of the molecule is C[C@]12CCC3C(CC[C@@H]4C[C@H](O)CC[C@]34C)C1CCC2=O.C[C@]12CC[C@@H](O)C[C@H]1CC[C@@H]1C3CCC(=O)[C@@]3(C)CC[C@H]12.O=S(=O)([O-])[O-].[K+].[K+]. The normalized spacial score (nSPS) is 49.6. The molecule has 0 aromatic heterocycles. The predicted octanol–water partition coefficient (Wildman–Crippen LogP) is 0.588. The Hall–Kier alpha value is 2.40. The summed E-state index contributed by atoms with van der Waals surface area (Å²) in [5.41, 5.74) is 0.904. The van der Waals surface area contributed by atoms with Gasteiger partial charge >= 0.3 is 103 Å². The van der Waals surface area contributed by atoms with Gasteiger partial charge in [-0.05, 0) is 161 Å². The van der Waals surface area contributed by atoms with Crippen LogP contribution in [0.5, 0.6) is 0 Å². The number of hydrogen-bond acceptors (Lipinski definition) is 8. The molecule has 0 radical (unpaired) electrons. The maximum atomic E-state index is 12.4. The molecule has 0 spiro atoms. The molecule has 8 fully saturated rings. The van der Waals surface area contributed by atoms with Gasteiger partial charge in [-0.3, -0.25) is 18.0 Å². The van der Waals surface area contributed by atoms with Crippen molar-refractivity contribution in [1.29, 1.82) is 0 Å². The Bertz CT molecular complexity index is 1240. The molecule has 0 amide bonds. The van der Waals surface area contributed by atoms with E-state index >= 15 is 0 Å². The zero-order chi connectivity index (χ0) is 34.2. The van der Waals surface area contributed by atoms with Crippen molar-refractivity contribution in [2.45, 2.75) is 155 Å². The fraction of sp³-hybridized carbons (Fsp3) is 0.947. The van der Waals surface area contributed by atoms with Gasteiger partial charge in [-0.15, -0.1) is 0 Å². The Labute approximate surface area is 381 Å². The summed E-state index contributed by atoms with van der Waals surface area (Å²) in [6.07, 6.45) is 20.3. The van der Waals surface area contributed by atoms with Crippen molar-refractivity contribution in [3.63, 3.8) is 0 Å². The second kappa shape index (κ2) is 16.5. The molecule has 4 unspecified atom stereocenters. The van der Waals surface area contributed by atoms with Crippen LogP contribution in [0.15, 0.2) is 0 Å². The summed E-state index contributed by atoms with van der Waals surface area (Å²) in [6.45, 7) is 9.56. The number of aliphatic hydroxyl groups is 2. The zero-order valence-electron chi connectivity index (χ0n) is 31.3. The van der Waals surface area contributed by atoms with Gasteiger partial charge in [0.25, 0.3) is 0 Å². The van der Waals surface area contributed by atoms with E-state index in [1.54, 1.807) is 0 Å². The molecule has 8 nitrogen and oxygen atoms in total. The number of rotatable bonds is 0. The molecule has 14 atom stereocenters. The molecule has 8 saturated carbocycles. The van der Waals surface area contributed by atoms with E-state index in [0.717, 1.165) is 99.7 Å². The van der Waals surface area contributed by atoms with Gasteiger partial charge in [0, 0.05) is 34.1 Å². The first-order valence-electron chi connectivity index (χ1n) is 19.0. The number of aliphatic hydroxyl groups excluding tert-OH is 2. The first kappa shape index (κ1) is 44.1. The second-order valence-electron chi connectivity index (χ2n) is 18.4. The first-order chi connectivity index (χ1) is 21.9. The van der Waals surface area contributed by atoms with Gasteiger partial charge in [-0.1, -0.05) is 27.7 Å². The number of carbonyl (C=O) groups is 2. The number of ketones is 2. The van der Waals surface area contributed by atoms with Gasteiger partial charge in [0.05, 0.1) is 12.2 Å². The fourth-order valence-electron chi connectivity index (χ4n) is 14.0. The van der Waals surface area contributed by atoms with E-state index in [-0.39, 0.29) is 126 Å². The standard InChI is InChI=1S/2C19H30O2.2K.H2O4S/c2*1-18-9-7-13(20)11-12(18)3-4-14-15-5-6-17(21)19(15,2)10-8-16(14)18;;;1-5(2,3)4/h2*12-16,20H,3-11H2,1-2H3;;;(H2,1,2,3,4)/q;;2*+1;/p-2/t12-,13-,14?,15?,16?,18+,19+;12-,13-,14-,15?,16-,18+,19+;;;/m11.../s1. The molecule has 8 aliphatic rings. The van der Waals surface area contributed by atoms with E-state index in [4.69, 9.17) is 17.5 Å². The maximum Gasteiger partial charge on any atom is 1.00 e. The van der Waals surface area contributed by atoms with Crippen molar-refractivity contribution in [3.8, 4) is 0 Å². The average molecular weight is 755 g/mol. The van der Waals surface area contributed by atoms with Crippen LogP contribution in [0, 0.1) is 69.0 Å². The minimum Gasteiger partial charge on any atom is -0.759 e. The van der Waals surface area contributed by atoms with Crippen LogP contribution in [0.25, 0.3) is 0 Å². The molecule has 0 aromatic rings. The zero-order valence-corrected chi connectivity index (χ0v) is 38.3. The summed E-state index contributed by atoms with van der Waals surface area (Å²) in [4.78, 5) is 24.8. The Morgan fingerprint density at radius 1 is 0.551 bits per heavy atom. The van der Waals surface area contributed by atoms with Gasteiger partial charge in [0.15, 0.2) is 0 Å². The predicted molar refractivity (Wildman–Crippen MR) is 176 cm³/mol. The van der Waals surface area contributed by atoms with Gasteiger partial charge in [-0.25, -0.2) is 0 Å². The fourth-order valence-corrected chi connectivity index (χ4v) is 14.0. The molecule has 0 bridgehead atoms. The summed E-state index contributed by atoms with van der Waals surface area (Å²) in [5.74, 6) is 7.07. The molecule has 0 aromatic carbocycles. The molecule has 0 aliphatic heterocycles. The molecule has 2 N–H and O–H groups in total. The van der Waals surface area contributed by atoms with Crippen molar-refractivity contribution >= 4 is 22.0 Å². The van der Waals surface area contributed by atoms with Crippen LogP contribution < -0.4 is 103 Å². The van der Waals surface area contributed by atoms with Crippen molar-refractivity contribution in [1.82, 2.24) is 0 Å². The molecule has 268 valence electrons. The number of Topliss-reactive ketones (excluding diaryl/α,β-unsaturated/α-hetero) is 2. The van der Waals surface area contributed by atoms with Crippen LogP contribution >= 0.6 is 0 Å². The third kappa shape index (κ3) is 8.42. The third-order valence-corrected chi connectivity index (χ3v) is 16.7. The second-order valence-corrected chi connectivity index (χ2v) is 19.2. The molecule has 0 saturated heterocycles. The van der Waals surface area contributed by atoms with Crippen LogP contribution in [-0.2, 0) is 20.0 Å². The molecule has 11 heteroatoms. The Morgan fingerprint density at radius 2 is 0.898 bits per heavy atom. The third-order valence-electron chi connectivity index (χ3n) is 16.7. The summed E-state index contributed by atoms with van der Waals surface area (Å²) in [6, 6.07) is 0. The van der Waals surface area contributed by atoms with Crippen molar-refractivity contribution in [3.05, 3.63) is 0 Å². The molecule has 0 heterocycles. The molecular formula is C38H60K2O8S. The van der Waals surface area contributed by atoms with Crippen molar-refractivity contribution in [2.75, 3.05) is 0 Å². The quantitative estimate of drug-likeness (QED) is 0.207. The summed E-state index contributed by atoms with van der Waals surface area (Å²) < 4.78 is 34.1. The largest absolute Gasteiger partial charge is 1.00 e. The summed E-state index contributed by atoms with van der Waals surface area (Å²) in [7, 11) is -5.17. The monoisotopic (exact) mass is 754 g/mol. The average Bonchev–Trinajstić information content (AvgIpc) is 3.47. The van der Waals surface area contributed by atoms with E-state index in [2.05, 4.69) is 27.7 Å². The first-order valence-corrected chi connectivity index (χ1v) is 20.3. The summed E-state index contributed by atoms with van der Waals surface area (Å²) >= 11 is 0. The van der Waals surface area contributed by atoms with Crippen LogP contribution in [-0.4, -0.2) is 51.5 Å². The minimum absolute atomic E-state index is 0. The van der Waals surface area contributed by atoms with Gasteiger partial charge in [0.2, 0.25) is 0 Å². The van der Waals surface area contributed by atoms with Crippen molar-refractivity contribution < 1.29 is 140 Å². The van der Waals surface area contributed by atoms with E-state index in [1.807, 2.05) is 0 Å². The van der Waals surface area contributed by atoms with Crippen molar-refractivity contribution in [2.24, 2.45) is 69.0 Å². The van der Waals surface area contributed by atoms with Crippen LogP contribution in [0.2, 0.25) is 0 Å². The van der Waals surface area contributed by atoms with Gasteiger partial charge in [0.1, 0.15) is 11.6 Å². The van der Waals surface area contributed by atoms with Gasteiger partial charge in [-0.2, -0.15) is 0 Å². The van der Waals surface area contributed by atoms with Gasteiger partial charge < -0.3 is 19.3 Å². The number of fused-ring (bicyclic) bond motifs is 10. The smallest absolute Gasteiger partial charge is 0.759 e. The topological polar surface area (TPSA) is 155 Å². The van der Waals surface area contributed by atoms with Crippen LogP contribution in [0.4, 0.5) is 0 Å². The summed E-state index contributed by atoms with van der Waals surface area (Å²) in [5, 5.41) is 20.1. The minimum atomic E-state index is -5.17. The number of carbonyl (C=O) groups excluding carboxylic acids is 2. The molecule has 49 heavy (non-hydrogen) atoms. The van der Waals surface area contributed by atoms with E-state index in [0.29, 0.717) is 34.2 Å². The Kier molecular flexibility index (Phi) is 14.8. The number of hydrogen-bond donors (Lipinski definition) is 2. The molecule has 8 aliphatic carbocycles. The Morgan fingerprint density at radius 3 is 1.24 bits per heavy atom. The van der Waals surface area contributed by atoms with E-state index < -0.39 is 10.4 Å².